The molecule has 0 aromatic carbocycles. The standard InChI is InChI=1S/C15H32N4O2/c1-4-16-15(18-13-14-7-5-11-21-14)17-8-6-9-19(2)10-12-20-3/h14H,4-13H2,1-3H3,(H2,16,17,18). The molecule has 0 saturated carbocycles. The number of aliphatic imine (C=N–C) groups is 1. The highest BCUT2D eigenvalue weighted by atomic mass is 16.5. The fraction of sp³-hybridized carbons (Fsp3) is 0.933. The summed E-state index contributed by atoms with van der Waals surface area (Å²) in [6, 6.07) is 0. The second kappa shape index (κ2) is 11.8. The van der Waals surface area contributed by atoms with Crippen molar-refractivity contribution in [2.45, 2.75) is 32.3 Å². The molecule has 0 radical (unpaired) electrons. The van der Waals surface area contributed by atoms with Gasteiger partial charge in [0.15, 0.2) is 5.96 Å². The quantitative estimate of drug-likeness (QED) is 0.353. The van der Waals surface area contributed by atoms with Crippen LogP contribution in [0.3, 0.4) is 0 Å². The largest absolute Gasteiger partial charge is 0.383 e. The van der Waals surface area contributed by atoms with Gasteiger partial charge in [-0.15, -0.1) is 0 Å². The number of likely N-dealkylation sites (N-methyl/N-ethyl adjacent to an activating group) is 1. The van der Waals surface area contributed by atoms with E-state index in [9.17, 15) is 0 Å². The Bertz CT molecular complexity index is 281. The number of rotatable bonds is 10. The van der Waals surface area contributed by atoms with Crippen molar-refractivity contribution >= 4 is 5.96 Å². The number of nitrogens with one attached hydrogen (secondary N) is 2. The van der Waals surface area contributed by atoms with Gasteiger partial charge in [0, 0.05) is 33.4 Å². The normalized spacial score (nSPS) is 19.2. The van der Waals surface area contributed by atoms with Crippen LogP contribution in [0, 0.1) is 0 Å². The minimum atomic E-state index is 0.306. The molecule has 6 heteroatoms. The molecule has 0 aliphatic carbocycles. The molecule has 2 N–H and O–H groups in total. The Morgan fingerprint density at radius 2 is 2.24 bits per heavy atom. The topological polar surface area (TPSA) is 58.1 Å². The maximum absolute atomic E-state index is 5.59. The zero-order chi connectivity index (χ0) is 15.3. The van der Waals surface area contributed by atoms with Crippen LogP contribution in [-0.2, 0) is 9.47 Å². The molecule has 1 saturated heterocycles. The van der Waals surface area contributed by atoms with E-state index in [1.807, 2.05) is 0 Å². The van der Waals surface area contributed by atoms with E-state index in [0.29, 0.717) is 6.10 Å². The minimum Gasteiger partial charge on any atom is -0.383 e. The lowest BCUT2D eigenvalue weighted by Gasteiger charge is -2.17. The number of ether oxygens (including phenoxy) is 2. The molecule has 1 rings (SSSR count). The maximum Gasteiger partial charge on any atom is 0.191 e. The third-order valence-electron chi connectivity index (χ3n) is 3.51. The maximum atomic E-state index is 5.59. The Kier molecular flexibility index (Phi) is 10.2. The van der Waals surface area contributed by atoms with Gasteiger partial charge in [0.25, 0.3) is 0 Å². The molecule has 6 nitrogen and oxygen atoms in total. The van der Waals surface area contributed by atoms with Crippen LogP contribution in [0.2, 0.25) is 0 Å². The molecule has 0 spiro atoms. The van der Waals surface area contributed by atoms with Crippen LogP contribution >= 0.6 is 0 Å². The van der Waals surface area contributed by atoms with Crippen LogP contribution in [-0.4, -0.2) is 77.1 Å². The van der Waals surface area contributed by atoms with Crippen molar-refractivity contribution in [1.29, 1.82) is 0 Å². The van der Waals surface area contributed by atoms with Gasteiger partial charge in [-0.05, 0) is 39.8 Å². The van der Waals surface area contributed by atoms with Crippen LogP contribution in [0.1, 0.15) is 26.2 Å². The molecule has 0 bridgehead atoms. The predicted molar refractivity (Wildman–Crippen MR) is 86.9 cm³/mol. The Morgan fingerprint density at radius 1 is 1.38 bits per heavy atom. The van der Waals surface area contributed by atoms with E-state index < -0.39 is 0 Å². The van der Waals surface area contributed by atoms with Gasteiger partial charge < -0.3 is 25.0 Å². The highest BCUT2D eigenvalue weighted by molar-refractivity contribution is 5.79. The van der Waals surface area contributed by atoms with Gasteiger partial charge in [-0.25, -0.2) is 0 Å². The summed E-state index contributed by atoms with van der Waals surface area (Å²) < 4.78 is 10.7. The highest BCUT2D eigenvalue weighted by Crippen LogP contribution is 2.11. The van der Waals surface area contributed by atoms with Gasteiger partial charge in [0.05, 0.1) is 19.3 Å². The molecule has 0 amide bonds. The third kappa shape index (κ3) is 8.90. The molecule has 21 heavy (non-hydrogen) atoms. The Hall–Kier alpha value is -0.850. The average Bonchev–Trinajstić information content (AvgIpc) is 3.00. The van der Waals surface area contributed by atoms with Crippen molar-refractivity contribution in [3.63, 3.8) is 0 Å². The molecule has 1 heterocycles. The van der Waals surface area contributed by atoms with Crippen LogP contribution in [0.25, 0.3) is 0 Å². The first-order valence-electron chi connectivity index (χ1n) is 8.07. The zero-order valence-electron chi connectivity index (χ0n) is 13.9. The average molecular weight is 300 g/mol. The fourth-order valence-electron chi connectivity index (χ4n) is 2.24. The van der Waals surface area contributed by atoms with E-state index in [-0.39, 0.29) is 0 Å². The van der Waals surface area contributed by atoms with Crippen molar-refractivity contribution in [2.75, 3.05) is 60.1 Å². The molecule has 1 atom stereocenters. The Labute approximate surface area is 129 Å². The molecular weight excluding hydrogens is 268 g/mol. The summed E-state index contributed by atoms with van der Waals surface area (Å²) in [5, 5.41) is 6.66. The number of hydrogen-bond donors (Lipinski definition) is 2. The number of guanidine groups is 1. The number of hydrogen-bond acceptors (Lipinski definition) is 4. The summed E-state index contributed by atoms with van der Waals surface area (Å²) in [5.74, 6) is 0.896. The van der Waals surface area contributed by atoms with E-state index in [0.717, 1.165) is 71.2 Å². The van der Waals surface area contributed by atoms with Crippen molar-refractivity contribution < 1.29 is 9.47 Å². The number of nitrogens with zero attached hydrogens (tertiary/aromatic N) is 2. The molecule has 1 unspecified atom stereocenters. The molecule has 0 aromatic rings. The lowest BCUT2D eigenvalue weighted by Crippen LogP contribution is -2.39. The predicted octanol–water partition coefficient (Wildman–Crippen LogP) is 0.689. The molecular formula is C15H32N4O2. The van der Waals surface area contributed by atoms with Crippen molar-refractivity contribution in [1.82, 2.24) is 15.5 Å². The summed E-state index contributed by atoms with van der Waals surface area (Å²) in [7, 11) is 3.86. The second-order valence-electron chi connectivity index (χ2n) is 5.43. The van der Waals surface area contributed by atoms with Gasteiger partial charge in [0.2, 0.25) is 0 Å². The van der Waals surface area contributed by atoms with Crippen LogP contribution in [0.15, 0.2) is 4.99 Å². The molecule has 1 aliphatic heterocycles. The Balaban J connectivity index is 2.16. The summed E-state index contributed by atoms with van der Waals surface area (Å²) in [6.45, 7) is 8.35. The molecule has 124 valence electrons. The Morgan fingerprint density at radius 3 is 2.90 bits per heavy atom. The lowest BCUT2D eigenvalue weighted by atomic mass is 10.2. The van der Waals surface area contributed by atoms with E-state index >= 15 is 0 Å². The van der Waals surface area contributed by atoms with Crippen LogP contribution in [0.4, 0.5) is 0 Å². The van der Waals surface area contributed by atoms with Crippen molar-refractivity contribution in [3.05, 3.63) is 0 Å². The van der Waals surface area contributed by atoms with Crippen LogP contribution < -0.4 is 10.6 Å². The first kappa shape index (κ1) is 18.2. The SMILES string of the molecule is CCNC(=NCC1CCCO1)NCCCN(C)CCOC. The van der Waals surface area contributed by atoms with Gasteiger partial charge >= 0.3 is 0 Å². The van der Waals surface area contributed by atoms with Crippen molar-refractivity contribution in [3.8, 4) is 0 Å². The van der Waals surface area contributed by atoms with E-state index in [4.69, 9.17) is 9.47 Å². The van der Waals surface area contributed by atoms with E-state index in [2.05, 4.69) is 34.5 Å². The van der Waals surface area contributed by atoms with Gasteiger partial charge in [-0.1, -0.05) is 0 Å². The first-order valence-corrected chi connectivity index (χ1v) is 8.07. The van der Waals surface area contributed by atoms with Gasteiger partial charge in [-0.3, -0.25) is 4.99 Å². The summed E-state index contributed by atoms with van der Waals surface area (Å²) in [5.41, 5.74) is 0. The number of methoxy groups -OCH3 is 1. The third-order valence-corrected chi connectivity index (χ3v) is 3.51. The smallest absolute Gasteiger partial charge is 0.191 e. The summed E-state index contributed by atoms with van der Waals surface area (Å²) in [4.78, 5) is 6.88. The summed E-state index contributed by atoms with van der Waals surface area (Å²) >= 11 is 0. The summed E-state index contributed by atoms with van der Waals surface area (Å²) in [6.07, 6.45) is 3.69. The zero-order valence-corrected chi connectivity index (χ0v) is 13.9. The van der Waals surface area contributed by atoms with E-state index in [1.54, 1.807) is 7.11 Å². The molecule has 1 aliphatic rings. The van der Waals surface area contributed by atoms with Gasteiger partial charge in [0.1, 0.15) is 0 Å². The minimum absolute atomic E-state index is 0.306. The fourth-order valence-corrected chi connectivity index (χ4v) is 2.24. The highest BCUT2D eigenvalue weighted by Gasteiger charge is 2.14. The van der Waals surface area contributed by atoms with Crippen molar-refractivity contribution in [2.24, 2.45) is 4.99 Å². The monoisotopic (exact) mass is 300 g/mol. The second-order valence-corrected chi connectivity index (χ2v) is 5.43. The van der Waals surface area contributed by atoms with Gasteiger partial charge in [-0.2, -0.15) is 0 Å². The van der Waals surface area contributed by atoms with E-state index in [1.165, 1.54) is 0 Å². The van der Waals surface area contributed by atoms with Crippen LogP contribution in [0.5, 0.6) is 0 Å². The molecule has 0 aromatic heterocycles. The lowest BCUT2D eigenvalue weighted by molar-refractivity contribution is 0.117. The first-order chi connectivity index (χ1) is 10.3. The molecule has 1 fully saturated rings.